The van der Waals surface area contributed by atoms with Crippen LogP contribution in [-0.2, 0) is 14.3 Å². The van der Waals surface area contributed by atoms with Gasteiger partial charge in [0.05, 0.1) is 6.61 Å². The van der Waals surface area contributed by atoms with E-state index in [1.807, 2.05) is 0 Å². The van der Waals surface area contributed by atoms with Gasteiger partial charge in [-0.05, 0) is 25.1 Å². The van der Waals surface area contributed by atoms with Gasteiger partial charge in [-0.1, -0.05) is 36.4 Å². The molecule has 25 heavy (non-hydrogen) atoms. The van der Waals surface area contributed by atoms with Gasteiger partial charge in [0, 0.05) is 11.3 Å². The number of para-hydroxylation sites is 1. The number of hydrogen-bond acceptors (Lipinski definition) is 4. The molecule has 0 bridgehead atoms. The molecule has 0 saturated heterocycles. The van der Waals surface area contributed by atoms with Crippen molar-refractivity contribution in [1.82, 2.24) is 0 Å². The fraction of sp³-hybridized carbons (Fsp3) is 0.158. The third-order valence-corrected chi connectivity index (χ3v) is 3.94. The first kappa shape index (κ1) is 16.7. The summed E-state index contributed by atoms with van der Waals surface area (Å²) in [7, 11) is 0. The second-order valence-corrected chi connectivity index (χ2v) is 5.42. The first-order valence-corrected chi connectivity index (χ1v) is 7.79. The number of halogens is 1. The Bertz CT molecular complexity index is 848. The Labute approximate surface area is 144 Å². The van der Waals surface area contributed by atoms with Crippen LogP contribution < -0.4 is 4.90 Å². The van der Waals surface area contributed by atoms with E-state index in [-0.39, 0.29) is 17.7 Å². The van der Waals surface area contributed by atoms with Crippen molar-refractivity contribution in [3.8, 4) is 0 Å². The second-order valence-electron chi connectivity index (χ2n) is 5.42. The van der Waals surface area contributed by atoms with Crippen molar-refractivity contribution in [2.24, 2.45) is 0 Å². The molecule has 0 spiro atoms. The van der Waals surface area contributed by atoms with Crippen LogP contribution in [0.1, 0.15) is 18.5 Å². The van der Waals surface area contributed by atoms with Gasteiger partial charge in [0.25, 0.3) is 5.91 Å². The van der Waals surface area contributed by atoms with E-state index < -0.39 is 29.5 Å². The van der Waals surface area contributed by atoms with Crippen LogP contribution in [0.4, 0.5) is 10.1 Å². The Balaban J connectivity index is 2.19. The Kier molecular flexibility index (Phi) is 4.52. The summed E-state index contributed by atoms with van der Waals surface area (Å²) in [5, 5.41) is 10.3. The molecule has 0 unspecified atom stereocenters. The average molecular weight is 341 g/mol. The highest BCUT2D eigenvalue weighted by Crippen LogP contribution is 2.41. The molecule has 0 fully saturated rings. The summed E-state index contributed by atoms with van der Waals surface area (Å²) < 4.78 is 19.4. The molecular formula is C19H16FNO4. The lowest BCUT2D eigenvalue weighted by atomic mass is 9.98. The molecule has 0 aromatic heterocycles. The summed E-state index contributed by atoms with van der Waals surface area (Å²) in [5.74, 6) is -2.93. The molecule has 1 atom stereocenters. The monoisotopic (exact) mass is 341 g/mol. The lowest BCUT2D eigenvalue weighted by Crippen LogP contribution is -2.31. The van der Waals surface area contributed by atoms with Gasteiger partial charge in [-0.2, -0.15) is 0 Å². The number of benzene rings is 2. The van der Waals surface area contributed by atoms with Crippen molar-refractivity contribution in [1.29, 1.82) is 0 Å². The number of amides is 1. The van der Waals surface area contributed by atoms with Crippen molar-refractivity contribution < 1.29 is 23.8 Å². The molecule has 3 rings (SSSR count). The van der Waals surface area contributed by atoms with E-state index in [2.05, 4.69) is 0 Å². The van der Waals surface area contributed by atoms with E-state index in [9.17, 15) is 19.1 Å². The molecular weight excluding hydrogens is 325 g/mol. The number of carbonyl (C=O) groups excluding carboxylic acids is 2. The number of esters is 1. The third kappa shape index (κ3) is 2.87. The number of carbonyl (C=O) groups is 2. The Morgan fingerprint density at radius 3 is 2.44 bits per heavy atom. The number of aliphatic hydroxyl groups is 1. The maximum Gasteiger partial charge on any atom is 0.340 e. The number of hydrogen-bond donors (Lipinski definition) is 1. The zero-order valence-corrected chi connectivity index (χ0v) is 13.5. The normalized spacial score (nSPS) is 17.1. The second kappa shape index (κ2) is 6.76. The molecule has 128 valence electrons. The quantitative estimate of drug-likeness (QED) is 0.867. The van der Waals surface area contributed by atoms with Crippen LogP contribution in [0.2, 0.25) is 0 Å². The zero-order valence-electron chi connectivity index (χ0n) is 13.5. The Hall–Kier alpha value is -3.15. The maximum absolute atomic E-state index is 14.4. The van der Waals surface area contributed by atoms with Crippen LogP contribution in [0, 0.1) is 5.82 Å². The average Bonchev–Trinajstić information content (AvgIpc) is 2.88. The van der Waals surface area contributed by atoms with Gasteiger partial charge < -0.3 is 9.84 Å². The first-order chi connectivity index (χ1) is 12.1. The minimum atomic E-state index is -1.10. The smallest absolute Gasteiger partial charge is 0.340 e. The number of aliphatic hydroxyl groups excluding tert-OH is 1. The predicted octanol–water partition coefficient (Wildman–Crippen LogP) is 3.29. The molecule has 1 amide bonds. The Morgan fingerprint density at radius 1 is 1.16 bits per heavy atom. The van der Waals surface area contributed by atoms with E-state index in [1.54, 1.807) is 43.3 Å². The minimum absolute atomic E-state index is 0.0686. The van der Waals surface area contributed by atoms with E-state index >= 15 is 0 Å². The minimum Gasteiger partial charge on any atom is -0.503 e. The highest BCUT2D eigenvalue weighted by molar-refractivity contribution is 6.15. The van der Waals surface area contributed by atoms with Gasteiger partial charge in [0.2, 0.25) is 0 Å². The first-order valence-electron chi connectivity index (χ1n) is 7.79. The summed E-state index contributed by atoms with van der Waals surface area (Å²) in [6.45, 7) is 1.68. The van der Waals surface area contributed by atoms with Gasteiger partial charge >= 0.3 is 5.97 Å². The standard InChI is InChI=1S/C19H16FNO4/c1-2-25-19(24)15-16(13-10-6-7-11-14(13)20)21(18(23)17(15)22)12-8-4-3-5-9-12/h3-11,16,22H,2H2,1H3/t16-/m1/s1. The predicted molar refractivity (Wildman–Crippen MR) is 89.4 cm³/mol. The van der Waals surface area contributed by atoms with Crippen LogP contribution in [0.3, 0.4) is 0 Å². The number of ether oxygens (including phenoxy) is 1. The van der Waals surface area contributed by atoms with Crippen molar-refractivity contribution in [3.05, 3.63) is 77.3 Å². The molecule has 5 nitrogen and oxygen atoms in total. The van der Waals surface area contributed by atoms with Crippen molar-refractivity contribution in [2.45, 2.75) is 13.0 Å². The largest absolute Gasteiger partial charge is 0.503 e. The maximum atomic E-state index is 14.4. The zero-order chi connectivity index (χ0) is 18.0. The molecule has 1 aliphatic rings. The lowest BCUT2D eigenvalue weighted by molar-refractivity contribution is -0.139. The van der Waals surface area contributed by atoms with Crippen LogP contribution in [-0.4, -0.2) is 23.6 Å². The topological polar surface area (TPSA) is 66.8 Å². The number of nitrogens with zero attached hydrogens (tertiary/aromatic N) is 1. The highest BCUT2D eigenvalue weighted by Gasteiger charge is 2.46. The van der Waals surface area contributed by atoms with Gasteiger partial charge in [0.15, 0.2) is 5.76 Å². The SMILES string of the molecule is CCOC(=O)C1=C(O)C(=O)N(c2ccccc2)[C@@H]1c1ccccc1F. The van der Waals surface area contributed by atoms with E-state index in [0.717, 1.165) is 0 Å². The van der Waals surface area contributed by atoms with Crippen LogP contribution in [0.25, 0.3) is 0 Å². The number of anilines is 1. The van der Waals surface area contributed by atoms with Gasteiger partial charge in [-0.15, -0.1) is 0 Å². The summed E-state index contributed by atoms with van der Waals surface area (Å²) in [4.78, 5) is 26.1. The molecule has 1 heterocycles. The van der Waals surface area contributed by atoms with E-state index in [4.69, 9.17) is 4.74 Å². The van der Waals surface area contributed by atoms with E-state index in [1.165, 1.54) is 23.1 Å². The molecule has 0 radical (unpaired) electrons. The number of rotatable bonds is 4. The molecule has 1 aliphatic heterocycles. The molecule has 2 aromatic carbocycles. The summed E-state index contributed by atoms with van der Waals surface area (Å²) >= 11 is 0. The van der Waals surface area contributed by atoms with Gasteiger partial charge in [-0.25, -0.2) is 9.18 Å². The van der Waals surface area contributed by atoms with Crippen LogP contribution in [0.15, 0.2) is 65.9 Å². The van der Waals surface area contributed by atoms with E-state index in [0.29, 0.717) is 5.69 Å². The fourth-order valence-corrected chi connectivity index (χ4v) is 2.87. The van der Waals surface area contributed by atoms with Gasteiger partial charge in [-0.3, -0.25) is 9.69 Å². The Morgan fingerprint density at radius 2 is 1.80 bits per heavy atom. The fourth-order valence-electron chi connectivity index (χ4n) is 2.87. The van der Waals surface area contributed by atoms with Crippen LogP contribution in [0.5, 0.6) is 0 Å². The molecule has 1 N–H and O–H groups in total. The van der Waals surface area contributed by atoms with Crippen molar-refractivity contribution >= 4 is 17.6 Å². The molecule has 6 heteroatoms. The lowest BCUT2D eigenvalue weighted by Gasteiger charge is -2.26. The summed E-state index contributed by atoms with van der Waals surface area (Å²) in [6.07, 6.45) is 0. The summed E-state index contributed by atoms with van der Waals surface area (Å²) in [5.41, 5.74) is 0.277. The third-order valence-electron chi connectivity index (χ3n) is 3.94. The molecule has 0 saturated carbocycles. The molecule has 2 aromatic rings. The van der Waals surface area contributed by atoms with Crippen LogP contribution >= 0.6 is 0 Å². The molecule has 0 aliphatic carbocycles. The van der Waals surface area contributed by atoms with Crippen molar-refractivity contribution in [3.63, 3.8) is 0 Å². The summed E-state index contributed by atoms with van der Waals surface area (Å²) in [6, 6.07) is 13.2. The van der Waals surface area contributed by atoms with Crippen molar-refractivity contribution in [2.75, 3.05) is 11.5 Å². The van der Waals surface area contributed by atoms with Gasteiger partial charge in [0.1, 0.15) is 17.4 Å². The highest BCUT2D eigenvalue weighted by atomic mass is 19.1.